The van der Waals surface area contributed by atoms with Crippen LogP contribution in [0.3, 0.4) is 0 Å². The van der Waals surface area contributed by atoms with E-state index in [1.807, 2.05) is 25.1 Å². The Morgan fingerprint density at radius 2 is 2.33 bits per heavy atom. The second-order valence-electron chi connectivity index (χ2n) is 6.38. The number of hydrogen-bond acceptors (Lipinski definition) is 6. The van der Waals surface area contributed by atoms with E-state index >= 15 is 0 Å². The van der Waals surface area contributed by atoms with Gasteiger partial charge in [-0.3, -0.25) is 4.99 Å². The normalized spacial score (nSPS) is 17.3. The number of nitrogens with zero attached hydrogens (tertiary/aromatic N) is 4. The van der Waals surface area contributed by atoms with Crippen molar-refractivity contribution < 1.29 is 9.26 Å². The van der Waals surface area contributed by atoms with Crippen molar-refractivity contribution in [2.24, 2.45) is 4.99 Å². The summed E-state index contributed by atoms with van der Waals surface area (Å²) in [4.78, 5) is 10.8. The zero-order valence-electron chi connectivity index (χ0n) is 15.8. The molecule has 1 fully saturated rings. The van der Waals surface area contributed by atoms with Crippen LogP contribution in [0, 0.1) is 6.92 Å². The van der Waals surface area contributed by atoms with Crippen molar-refractivity contribution in [3.8, 4) is 5.75 Å². The van der Waals surface area contributed by atoms with Gasteiger partial charge in [0.1, 0.15) is 5.75 Å². The number of methoxy groups -OCH3 is 1. The van der Waals surface area contributed by atoms with E-state index in [0.29, 0.717) is 29.7 Å². The van der Waals surface area contributed by atoms with Crippen molar-refractivity contribution in [2.45, 2.75) is 25.8 Å². The van der Waals surface area contributed by atoms with Gasteiger partial charge < -0.3 is 24.8 Å². The van der Waals surface area contributed by atoms with E-state index in [-0.39, 0.29) is 6.04 Å². The van der Waals surface area contributed by atoms with Gasteiger partial charge in [0.15, 0.2) is 11.8 Å². The van der Waals surface area contributed by atoms with E-state index in [4.69, 9.17) is 20.9 Å². The summed E-state index contributed by atoms with van der Waals surface area (Å²) in [5.41, 5.74) is 1.02. The van der Waals surface area contributed by atoms with Gasteiger partial charge in [-0.1, -0.05) is 16.8 Å². The Hall–Kier alpha value is -2.48. The lowest BCUT2D eigenvalue weighted by Crippen LogP contribution is -2.45. The van der Waals surface area contributed by atoms with E-state index in [0.717, 1.165) is 36.9 Å². The molecule has 9 heteroatoms. The zero-order valence-corrected chi connectivity index (χ0v) is 16.6. The van der Waals surface area contributed by atoms with Crippen LogP contribution in [0.5, 0.6) is 5.75 Å². The second kappa shape index (κ2) is 8.94. The predicted octanol–water partition coefficient (Wildman–Crippen LogP) is 2.03. The van der Waals surface area contributed by atoms with E-state index in [1.54, 1.807) is 14.2 Å². The van der Waals surface area contributed by atoms with Crippen molar-refractivity contribution in [1.82, 2.24) is 20.8 Å². The summed E-state index contributed by atoms with van der Waals surface area (Å²) >= 11 is 6.16. The van der Waals surface area contributed by atoms with Crippen LogP contribution < -0.4 is 20.3 Å². The molecular formula is C18H25ClN6O2. The number of aromatic nitrogens is 2. The monoisotopic (exact) mass is 392 g/mol. The first-order valence-electron chi connectivity index (χ1n) is 8.94. The average molecular weight is 393 g/mol. The average Bonchev–Trinajstić information content (AvgIpc) is 3.30. The third-order valence-corrected chi connectivity index (χ3v) is 4.67. The summed E-state index contributed by atoms with van der Waals surface area (Å²) in [5, 5.41) is 11.2. The number of halogens is 1. The first kappa shape index (κ1) is 19.3. The number of aliphatic imine (C=N–C) groups is 1. The van der Waals surface area contributed by atoms with Crippen LogP contribution in [-0.4, -0.2) is 55.9 Å². The number of nitrogens with one attached hydrogen (secondary N) is 2. The molecule has 146 valence electrons. The number of benzene rings is 1. The lowest BCUT2D eigenvalue weighted by Gasteiger charge is -2.22. The van der Waals surface area contributed by atoms with E-state index in [1.165, 1.54) is 0 Å². The number of aryl methyl sites for hydroxylation is 1. The van der Waals surface area contributed by atoms with Crippen LogP contribution >= 0.6 is 11.6 Å². The molecular weight excluding hydrogens is 368 g/mol. The molecule has 1 aromatic carbocycles. The molecule has 1 unspecified atom stereocenters. The molecule has 1 atom stereocenters. The van der Waals surface area contributed by atoms with E-state index in [2.05, 4.69) is 30.7 Å². The summed E-state index contributed by atoms with van der Waals surface area (Å²) in [5.74, 6) is 2.86. The quantitative estimate of drug-likeness (QED) is 0.574. The molecule has 1 aliphatic heterocycles. The third-order valence-electron chi connectivity index (χ3n) is 4.44. The highest BCUT2D eigenvalue weighted by Gasteiger charge is 2.25. The molecule has 0 bridgehead atoms. The maximum Gasteiger partial charge on any atom is 0.228 e. The Kier molecular flexibility index (Phi) is 6.39. The molecule has 1 aliphatic rings. The minimum Gasteiger partial charge on any atom is -0.495 e. The Labute approximate surface area is 163 Å². The fraction of sp³-hybridized carbons (Fsp3) is 0.500. The molecule has 1 saturated heterocycles. The first-order chi connectivity index (χ1) is 13.1. The van der Waals surface area contributed by atoms with Gasteiger partial charge in [-0.25, -0.2) is 0 Å². The smallest absolute Gasteiger partial charge is 0.228 e. The van der Waals surface area contributed by atoms with Crippen LogP contribution in [-0.2, 0) is 6.42 Å². The van der Waals surface area contributed by atoms with Crippen molar-refractivity contribution >= 4 is 23.2 Å². The molecule has 3 rings (SSSR count). The lowest BCUT2D eigenvalue weighted by atomic mass is 10.2. The first-order valence-corrected chi connectivity index (χ1v) is 9.31. The van der Waals surface area contributed by atoms with E-state index < -0.39 is 0 Å². The van der Waals surface area contributed by atoms with Crippen molar-refractivity contribution in [1.29, 1.82) is 0 Å². The van der Waals surface area contributed by atoms with Gasteiger partial charge in [0, 0.05) is 44.2 Å². The van der Waals surface area contributed by atoms with E-state index in [9.17, 15) is 0 Å². The Balaban J connectivity index is 1.51. The lowest BCUT2D eigenvalue weighted by molar-refractivity contribution is 0.374. The second-order valence-corrected chi connectivity index (χ2v) is 6.81. The standard InChI is InChI=1S/C18H25ClN6O2/c1-12-22-17(27-24-12)6-8-21-18(20-2)23-14-7-9-25(11-14)15-10-13(19)4-5-16(15)26-3/h4-5,10,14H,6-9,11H2,1-3H3,(H2,20,21,23). The number of anilines is 1. The summed E-state index contributed by atoms with van der Waals surface area (Å²) in [7, 11) is 3.44. The maximum atomic E-state index is 6.16. The molecule has 0 spiro atoms. The van der Waals surface area contributed by atoms with Crippen molar-refractivity contribution in [3.05, 3.63) is 34.9 Å². The topological polar surface area (TPSA) is 87.8 Å². The van der Waals surface area contributed by atoms with Crippen LogP contribution in [0.2, 0.25) is 5.02 Å². The minimum atomic E-state index is 0.283. The van der Waals surface area contributed by atoms with Gasteiger partial charge in [0.05, 0.1) is 12.8 Å². The molecule has 1 aromatic heterocycles. The highest BCUT2D eigenvalue weighted by atomic mass is 35.5. The Bertz CT molecular complexity index is 794. The number of hydrogen-bond donors (Lipinski definition) is 2. The minimum absolute atomic E-state index is 0.283. The van der Waals surface area contributed by atoms with Gasteiger partial charge in [0.2, 0.25) is 5.89 Å². The zero-order chi connectivity index (χ0) is 19.2. The van der Waals surface area contributed by atoms with Crippen molar-refractivity contribution in [2.75, 3.05) is 38.7 Å². The molecule has 2 aromatic rings. The maximum absolute atomic E-state index is 6.16. The fourth-order valence-corrected chi connectivity index (χ4v) is 3.29. The van der Waals surface area contributed by atoms with Crippen LogP contribution in [0.4, 0.5) is 5.69 Å². The fourth-order valence-electron chi connectivity index (χ4n) is 3.12. The number of rotatable bonds is 6. The van der Waals surface area contributed by atoms with Gasteiger partial charge in [0.25, 0.3) is 0 Å². The predicted molar refractivity (Wildman–Crippen MR) is 106 cm³/mol. The van der Waals surface area contributed by atoms with Gasteiger partial charge in [-0.15, -0.1) is 0 Å². The van der Waals surface area contributed by atoms with Crippen LogP contribution in [0.25, 0.3) is 0 Å². The van der Waals surface area contributed by atoms with Gasteiger partial charge in [-0.05, 0) is 31.5 Å². The number of ether oxygens (including phenoxy) is 1. The number of guanidine groups is 1. The SMILES string of the molecule is CN=C(NCCc1nc(C)no1)NC1CCN(c2cc(Cl)ccc2OC)C1. The highest BCUT2D eigenvalue weighted by molar-refractivity contribution is 6.30. The molecule has 2 N–H and O–H groups in total. The molecule has 8 nitrogen and oxygen atoms in total. The van der Waals surface area contributed by atoms with Gasteiger partial charge in [-0.2, -0.15) is 4.98 Å². The third kappa shape index (κ3) is 5.03. The summed E-state index contributed by atoms with van der Waals surface area (Å²) in [6.45, 7) is 4.24. The van der Waals surface area contributed by atoms with Crippen LogP contribution in [0.1, 0.15) is 18.1 Å². The molecule has 0 radical (unpaired) electrons. The molecule has 27 heavy (non-hydrogen) atoms. The summed E-state index contributed by atoms with van der Waals surface area (Å²) in [6.07, 6.45) is 1.65. The molecule has 0 amide bonds. The summed E-state index contributed by atoms with van der Waals surface area (Å²) < 4.78 is 10.6. The highest BCUT2D eigenvalue weighted by Crippen LogP contribution is 2.33. The summed E-state index contributed by atoms with van der Waals surface area (Å²) in [6, 6.07) is 5.97. The molecule has 0 aliphatic carbocycles. The molecule has 0 saturated carbocycles. The van der Waals surface area contributed by atoms with Gasteiger partial charge >= 0.3 is 0 Å². The van der Waals surface area contributed by atoms with Crippen molar-refractivity contribution in [3.63, 3.8) is 0 Å². The Morgan fingerprint density at radius 1 is 1.48 bits per heavy atom. The largest absolute Gasteiger partial charge is 0.495 e. The Morgan fingerprint density at radius 3 is 3.04 bits per heavy atom. The molecule has 2 heterocycles. The van der Waals surface area contributed by atoms with Crippen LogP contribution in [0.15, 0.2) is 27.7 Å².